The molecule has 8 nitrogen and oxygen atoms in total. The van der Waals surface area contributed by atoms with E-state index in [0.717, 1.165) is 15.7 Å². The maximum absolute atomic E-state index is 12.6. The predicted octanol–water partition coefficient (Wildman–Crippen LogP) is 3.04. The molecule has 0 saturated carbocycles. The molecule has 1 N–H and O–H groups in total. The van der Waals surface area contributed by atoms with Crippen molar-refractivity contribution in [3.63, 3.8) is 0 Å². The molecule has 0 unspecified atom stereocenters. The van der Waals surface area contributed by atoms with Crippen molar-refractivity contribution in [2.45, 2.75) is 18.7 Å². The van der Waals surface area contributed by atoms with E-state index in [4.69, 9.17) is 11.6 Å². The van der Waals surface area contributed by atoms with E-state index in [1.807, 2.05) is 19.9 Å². The van der Waals surface area contributed by atoms with Gasteiger partial charge in [0, 0.05) is 19.8 Å². The third-order valence-electron chi connectivity index (χ3n) is 4.19. The summed E-state index contributed by atoms with van der Waals surface area (Å²) in [7, 11) is -0.855. The van der Waals surface area contributed by atoms with Crippen LogP contribution in [0.5, 0.6) is 0 Å². The molecule has 0 aliphatic heterocycles. The minimum absolute atomic E-state index is 0.0185. The molecule has 1 aromatic carbocycles. The van der Waals surface area contributed by atoms with Crippen LogP contribution in [0.15, 0.2) is 47.5 Å². The Kier molecular flexibility index (Phi) is 5.74. The van der Waals surface area contributed by atoms with Gasteiger partial charge in [-0.3, -0.25) is 4.79 Å². The molecule has 152 valence electrons. The van der Waals surface area contributed by atoms with E-state index in [9.17, 15) is 13.2 Å². The number of nitrogens with zero attached hydrogens (tertiary/aromatic N) is 4. The van der Waals surface area contributed by atoms with Gasteiger partial charge in [0.15, 0.2) is 5.82 Å². The van der Waals surface area contributed by atoms with Crippen LogP contribution in [0.3, 0.4) is 0 Å². The van der Waals surface area contributed by atoms with Crippen LogP contribution >= 0.6 is 11.6 Å². The van der Waals surface area contributed by atoms with Crippen LogP contribution in [0.2, 0.25) is 5.02 Å². The first-order chi connectivity index (χ1) is 13.6. The molecule has 3 rings (SSSR count). The quantitative estimate of drug-likeness (QED) is 0.667. The van der Waals surface area contributed by atoms with Crippen molar-refractivity contribution in [1.82, 2.24) is 19.1 Å². The van der Waals surface area contributed by atoms with Crippen molar-refractivity contribution >= 4 is 33.2 Å². The molecule has 0 radical (unpaired) electrons. The number of pyridine rings is 1. The normalized spacial score (nSPS) is 11.7. The number of nitrogens with one attached hydrogen (secondary N) is 1. The fraction of sp³-hybridized carbons (Fsp3) is 0.211. The van der Waals surface area contributed by atoms with Crippen LogP contribution in [0.1, 0.15) is 21.7 Å². The topological polar surface area (TPSA) is 97.2 Å². The molecule has 1 amide bonds. The number of hydrogen-bond acceptors (Lipinski definition) is 5. The van der Waals surface area contributed by atoms with Crippen LogP contribution in [0, 0.1) is 13.8 Å². The van der Waals surface area contributed by atoms with Gasteiger partial charge in [0.05, 0.1) is 33.1 Å². The van der Waals surface area contributed by atoms with Crippen LogP contribution in [-0.4, -0.2) is 47.5 Å². The maximum Gasteiger partial charge on any atom is 0.257 e. The summed E-state index contributed by atoms with van der Waals surface area (Å²) in [5.41, 5.74) is 2.32. The Morgan fingerprint density at radius 3 is 2.41 bits per heavy atom. The van der Waals surface area contributed by atoms with Crippen LogP contribution in [0.4, 0.5) is 5.69 Å². The van der Waals surface area contributed by atoms with Crippen molar-refractivity contribution in [1.29, 1.82) is 0 Å². The molecule has 0 saturated heterocycles. The maximum atomic E-state index is 12.6. The summed E-state index contributed by atoms with van der Waals surface area (Å²) in [5, 5.41) is 7.19. The highest BCUT2D eigenvalue weighted by Gasteiger charge is 2.21. The Morgan fingerprint density at radius 2 is 1.86 bits per heavy atom. The Hall–Kier alpha value is -2.75. The van der Waals surface area contributed by atoms with Crippen molar-refractivity contribution in [2.75, 3.05) is 19.4 Å². The van der Waals surface area contributed by atoms with E-state index in [1.54, 1.807) is 16.8 Å². The van der Waals surface area contributed by atoms with E-state index < -0.39 is 15.9 Å². The Balaban J connectivity index is 1.84. The summed E-state index contributed by atoms with van der Waals surface area (Å²) in [6.45, 7) is 3.82. The minimum atomic E-state index is -3.69. The number of anilines is 1. The number of aryl methyl sites for hydroxylation is 2. The minimum Gasteiger partial charge on any atom is -0.321 e. The second-order valence-electron chi connectivity index (χ2n) is 6.63. The lowest BCUT2D eigenvalue weighted by Crippen LogP contribution is -2.23. The Morgan fingerprint density at radius 1 is 1.14 bits per heavy atom. The lowest BCUT2D eigenvalue weighted by Gasteiger charge is -2.13. The molecule has 0 aliphatic rings. The monoisotopic (exact) mass is 433 g/mol. The summed E-state index contributed by atoms with van der Waals surface area (Å²) < 4.78 is 27.4. The highest BCUT2D eigenvalue weighted by atomic mass is 35.5. The van der Waals surface area contributed by atoms with Gasteiger partial charge in [-0.15, -0.1) is 0 Å². The second-order valence-corrected chi connectivity index (χ2v) is 9.19. The van der Waals surface area contributed by atoms with Crippen molar-refractivity contribution < 1.29 is 13.2 Å². The number of sulfonamides is 1. The first kappa shape index (κ1) is 21.0. The molecule has 2 aromatic heterocycles. The third-order valence-corrected chi connectivity index (χ3v) is 6.33. The van der Waals surface area contributed by atoms with Gasteiger partial charge >= 0.3 is 0 Å². The molecular formula is C19H20ClN5O3S. The van der Waals surface area contributed by atoms with E-state index in [2.05, 4.69) is 15.4 Å². The number of hydrogen-bond donors (Lipinski definition) is 1. The standard InChI is InChI=1S/C19H20ClN5O3S/c1-12-9-13(2)25(23-12)18-8-5-14(11-21-18)22-19(26)16-10-15(6-7-17(16)20)29(27,28)24(3)4/h5-11H,1-4H3,(H,22,26). The number of rotatable bonds is 5. The van der Waals surface area contributed by atoms with E-state index in [-0.39, 0.29) is 15.5 Å². The molecule has 2 heterocycles. The van der Waals surface area contributed by atoms with Crippen LogP contribution < -0.4 is 5.32 Å². The molecule has 0 bridgehead atoms. The third kappa shape index (κ3) is 4.31. The number of aromatic nitrogens is 3. The molecular weight excluding hydrogens is 414 g/mol. The number of benzene rings is 1. The smallest absolute Gasteiger partial charge is 0.257 e. The van der Waals surface area contributed by atoms with Gasteiger partial charge < -0.3 is 5.32 Å². The Bertz CT molecular complexity index is 1170. The van der Waals surface area contributed by atoms with Crippen LogP contribution in [-0.2, 0) is 10.0 Å². The number of carbonyl (C=O) groups excluding carboxylic acids is 1. The molecule has 0 aliphatic carbocycles. The zero-order valence-corrected chi connectivity index (χ0v) is 17.9. The molecule has 0 fully saturated rings. The molecule has 3 aromatic rings. The SMILES string of the molecule is Cc1cc(C)n(-c2ccc(NC(=O)c3cc(S(=O)(=O)N(C)C)ccc3Cl)cn2)n1. The van der Waals surface area contributed by atoms with Gasteiger partial charge in [-0.25, -0.2) is 22.4 Å². The summed E-state index contributed by atoms with van der Waals surface area (Å²) in [6.07, 6.45) is 1.50. The summed E-state index contributed by atoms with van der Waals surface area (Å²) in [4.78, 5) is 17.0. The predicted molar refractivity (Wildman–Crippen MR) is 111 cm³/mol. The van der Waals surface area contributed by atoms with Crippen LogP contribution in [0.25, 0.3) is 5.82 Å². The number of carbonyl (C=O) groups is 1. The summed E-state index contributed by atoms with van der Waals surface area (Å²) in [6, 6.07) is 9.35. The van der Waals surface area contributed by atoms with Gasteiger partial charge in [0.1, 0.15) is 0 Å². The zero-order chi connectivity index (χ0) is 21.3. The number of halogens is 1. The average molecular weight is 434 g/mol. The largest absolute Gasteiger partial charge is 0.321 e. The van der Waals surface area contributed by atoms with Gasteiger partial charge in [-0.05, 0) is 50.2 Å². The van der Waals surface area contributed by atoms with Gasteiger partial charge in [-0.2, -0.15) is 5.10 Å². The van der Waals surface area contributed by atoms with Crippen molar-refractivity contribution in [2.24, 2.45) is 0 Å². The van der Waals surface area contributed by atoms with Crippen molar-refractivity contribution in [3.05, 3.63) is 64.6 Å². The van der Waals surface area contributed by atoms with Gasteiger partial charge in [-0.1, -0.05) is 11.6 Å². The summed E-state index contributed by atoms with van der Waals surface area (Å²) in [5.74, 6) is 0.0807. The molecule has 0 spiro atoms. The highest BCUT2D eigenvalue weighted by Crippen LogP contribution is 2.23. The van der Waals surface area contributed by atoms with Gasteiger partial charge in [0.2, 0.25) is 10.0 Å². The average Bonchev–Trinajstić information content (AvgIpc) is 3.00. The fourth-order valence-corrected chi connectivity index (χ4v) is 3.83. The first-order valence-electron chi connectivity index (χ1n) is 8.62. The molecule has 0 atom stereocenters. The second kappa shape index (κ2) is 7.94. The zero-order valence-electron chi connectivity index (χ0n) is 16.3. The van der Waals surface area contributed by atoms with E-state index in [0.29, 0.717) is 11.5 Å². The molecule has 10 heteroatoms. The van der Waals surface area contributed by atoms with E-state index >= 15 is 0 Å². The first-order valence-corrected chi connectivity index (χ1v) is 10.4. The van der Waals surface area contributed by atoms with E-state index in [1.165, 1.54) is 38.5 Å². The lowest BCUT2D eigenvalue weighted by molar-refractivity contribution is 0.102. The lowest BCUT2D eigenvalue weighted by atomic mass is 10.2. The van der Waals surface area contributed by atoms with Gasteiger partial charge in [0.25, 0.3) is 5.91 Å². The Labute approximate surface area is 174 Å². The summed E-state index contributed by atoms with van der Waals surface area (Å²) >= 11 is 6.12. The molecule has 29 heavy (non-hydrogen) atoms. The van der Waals surface area contributed by atoms with Crippen molar-refractivity contribution in [3.8, 4) is 5.82 Å². The number of amides is 1. The fourth-order valence-electron chi connectivity index (χ4n) is 2.69. The highest BCUT2D eigenvalue weighted by molar-refractivity contribution is 7.89.